The highest BCUT2D eigenvalue weighted by Crippen LogP contribution is 2.41. The quantitative estimate of drug-likeness (QED) is 0.428. The second-order valence-electron chi connectivity index (χ2n) is 8.20. The number of nitrogens with zero attached hydrogens (tertiary/aromatic N) is 1. The number of amides is 2. The van der Waals surface area contributed by atoms with Gasteiger partial charge in [-0.3, -0.25) is 9.59 Å². The van der Waals surface area contributed by atoms with Crippen LogP contribution in [-0.4, -0.2) is 38.7 Å². The lowest BCUT2D eigenvalue weighted by molar-refractivity contribution is 0.0990. The van der Waals surface area contributed by atoms with E-state index in [9.17, 15) is 9.59 Å². The van der Waals surface area contributed by atoms with Gasteiger partial charge in [-0.25, -0.2) is 0 Å². The Morgan fingerprint density at radius 2 is 1.53 bits per heavy atom. The van der Waals surface area contributed by atoms with Crippen molar-refractivity contribution in [3.05, 3.63) is 65.2 Å². The topological polar surface area (TPSA) is 86.3 Å². The third kappa shape index (κ3) is 4.93. The van der Waals surface area contributed by atoms with Gasteiger partial charge in [-0.15, -0.1) is 0 Å². The van der Waals surface area contributed by atoms with Gasteiger partial charge < -0.3 is 29.2 Å². The average Bonchev–Trinajstić information content (AvgIpc) is 2.96. The standard InChI is InChI=1S/C28H30N2O6/c1-6-33-24-14-18(15-25(34-7-2)26(24)35-8-3)27(31)29-19-10-12-22-20(16-19)28(32)30(5)21-13-17(4)9-11-23(21)36-22/h9-16H,6-8H2,1-5H3,(H,29,31). The van der Waals surface area contributed by atoms with Gasteiger partial charge in [-0.2, -0.15) is 0 Å². The van der Waals surface area contributed by atoms with E-state index < -0.39 is 0 Å². The third-order valence-electron chi connectivity index (χ3n) is 5.64. The maximum absolute atomic E-state index is 13.2. The van der Waals surface area contributed by atoms with Crippen LogP contribution in [0, 0.1) is 6.92 Å². The summed E-state index contributed by atoms with van der Waals surface area (Å²) < 4.78 is 23.2. The van der Waals surface area contributed by atoms with Crippen molar-refractivity contribution in [1.29, 1.82) is 0 Å². The molecule has 4 rings (SSSR count). The molecule has 2 amide bonds. The van der Waals surface area contributed by atoms with Gasteiger partial charge in [0.05, 0.1) is 31.1 Å². The van der Waals surface area contributed by atoms with Crippen molar-refractivity contribution in [2.75, 3.05) is 37.1 Å². The molecule has 3 aromatic carbocycles. The van der Waals surface area contributed by atoms with Crippen LogP contribution in [-0.2, 0) is 0 Å². The molecule has 8 nitrogen and oxygen atoms in total. The van der Waals surface area contributed by atoms with E-state index in [2.05, 4.69) is 5.32 Å². The molecule has 1 heterocycles. The molecule has 1 aliphatic rings. The third-order valence-corrected chi connectivity index (χ3v) is 5.64. The van der Waals surface area contributed by atoms with Crippen molar-refractivity contribution in [2.24, 2.45) is 0 Å². The number of hydrogen-bond donors (Lipinski definition) is 1. The van der Waals surface area contributed by atoms with Gasteiger partial charge in [0.15, 0.2) is 17.2 Å². The SMILES string of the molecule is CCOc1cc(C(=O)Nc2ccc3c(c2)C(=O)N(C)c2cc(C)ccc2O3)cc(OCC)c1OCC. The fraction of sp³-hybridized carbons (Fsp3) is 0.286. The Balaban J connectivity index is 1.65. The fourth-order valence-corrected chi connectivity index (χ4v) is 3.97. The molecule has 0 atom stereocenters. The predicted octanol–water partition coefficient (Wildman–Crippen LogP) is 5.83. The molecule has 0 radical (unpaired) electrons. The molecule has 8 heteroatoms. The molecular formula is C28H30N2O6. The lowest BCUT2D eigenvalue weighted by Crippen LogP contribution is -2.25. The first-order chi connectivity index (χ1) is 17.4. The van der Waals surface area contributed by atoms with Crippen molar-refractivity contribution in [3.8, 4) is 28.7 Å². The molecule has 3 aromatic rings. The molecule has 0 spiro atoms. The van der Waals surface area contributed by atoms with Crippen LogP contribution in [0.5, 0.6) is 28.7 Å². The van der Waals surface area contributed by atoms with Gasteiger partial charge >= 0.3 is 0 Å². The van der Waals surface area contributed by atoms with Crippen molar-refractivity contribution in [1.82, 2.24) is 0 Å². The molecule has 0 saturated carbocycles. The largest absolute Gasteiger partial charge is 0.490 e. The lowest BCUT2D eigenvalue weighted by atomic mass is 10.1. The number of ether oxygens (including phenoxy) is 4. The molecule has 0 aliphatic carbocycles. The Hall–Kier alpha value is -4.20. The fourth-order valence-electron chi connectivity index (χ4n) is 3.97. The molecular weight excluding hydrogens is 460 g/mol. The normalized spacial score (nSPS) is 12.1. The summed E-state index contributed by atoms with van der Waals surface area (Å²) in [5.74, 6) is 1.71. The van der Waals surface area contributed by atoms with Crippen LogP contribution < -0.4 is 29.2 Å². The van der Waals surface area contributed by atoms with Gasteiger partial charge in [0.1, 0.15) is 5.75 Å². The second kappa shape index (κ2) is 10.6. The van der Waals surface area contributed by atoms with Gasteiger partial charge in [0.2, 0.25) is 5.75 Å². The molecule has 0 saturated heterocycles. The minimum absolute atomic E-state index is 0.233. The Morgan fingerprint density at radius 1 is 0.889 bits per heavy atom. The summed E-state index contributed by atoms with van der Waals surface area (Å²) in [7, 11) is 1.70. The van der Waals surface area contributed by atoms with E-state index in [1.165, 1.54) is 0 Å². The maximum atomic E-state index is 13.2. The highest BCUT2D eigenvalue weighted by molar-refractivity contribution is 6.11. The van der Waals surface area contributed by atoms with E-state index in [1.807, 2.05) is 45.9 Å². The van der Waals surface area contributed by atoms with Gasteiger partial charge in [-0.1, -0.05) is 6.07 Å². The first-order valence-corrected chi connectivity index (χ1v) is 11.9. The molecule has 1 aliphatic heterocycles. The molecule has 0 aromatic heterocycles. The number of aryl methyl sites for hydroxylation is 1. The maximum Gasteiger partial charge on any atom is 0.261 e. The molecule has 0 fully saturated rings. The molecule has 0 bridgehead atoms. The number of rotatable bonds is 8. The zero-order valence-corrected chi connectivity index (χ0v) is 21.1. The Morgan fingerprint density at radius 3 is 2.17 bits per heavy atom. The Kier molecular flexibility index (Phi) is 7.33. The minimum atomic E-state index is -0.380. The number of hydrogen-bond acceptors (Lipinski definition) is 6. The van der Waals surface area contributed by atoms with Crippen LogP contribution in [0.25, 0.3) is 0 Å². The predicted molar refractivity (Wildman–Crippen MR) is 138 cm³/mol. The first kappa shape index (κ1) is 24.9. The van der Waals surface area contributed by atoms with E-state index in [0.717, 1.165) is 5.56 Å². The molecule has 1 N–H and O–H groups in total. The summed E-state index contributed by atoms with van der Waals surface area (Å²) in [6.45, 7) is 8.76. The van der Waals surface area contributed by atoms with Crippen LogP contribution in [0.2, 0.25) is 0 Å². The molecule has 188 valence electrons. The average molecular weight is 491 g/mol. The summed E-state index contributed by atoms with van der Waals surface area (Å²) in [6.07, 6.45) is 0. The molecule has 36 heavy (non-hydrogen) atoms. The Labute approximate surface area is 210 Å². The van der Waals surface area contributed by atoms with E-state index >= 15 is 0 Å². The van der Waals surface area contributed by atoms with Gasteiger partial charge in [0, 0.05) is 18.3 Å². The van der Waals surface area contributed by atoms with Crippen molar-refractivity contribution in [3.63, 3.8) is 0 Å². The number of carbonyl (C=O) groups excluding carboxylic acids is 2. The van der Waals surface area contributed by atoms with Crippen LogP contribution in [0.4, 0.5) is 11.4 Å². The number of benzene rings is 3. The first-order valence-electron chi connectivity index (χ1n) is 11.9. The number of carbonyl (C=O) groups is 2. The van der Waals surface area contributed by atoms with E-state index in [4.69, 9.17) is 18.9 Å². The second-order valence-corrected chi connectivity index (χ2v) is 8.20. The zero-order valence-electron chi connectivity index (χ0n) is 21.1. The van der Waals surface area contributed by atoms with Crippen LogP contribution >= 0.6 is 0 Å². The minimum Gasteiger partial charge on any atom is -0.490 e. The Bertz CT molecular complexity index is 1280. The van der Waals surface area contributed by atoms with Crippen LogP contribution in [0.1, 0.15) is 47.1 Å². The van der Waals surface area contributed by atoms with Crippen molar-refractivity contribution in [2.45, 2.75) is 27.7 Å². The van der Waals surface area contributed by atoms with Crippen LogP contribution in [0.15, 0.2) is 48.5 Å². The van der Waals surface area contributed by atoms with Gasteiger partial charge in [0.25, 0.3) is 11.8 Å². The van der Waals surface area contributed by atoms with Gasteiger partial charge in [-0.05, 0) is 75.7 Å². The van der Waals surface area contributed by atoms with E-state index in [0.29, 0.717) is 71.1 Å². The summed E-state index contributed by atoms with van der Waals surface area (Å²) in [5.41, 5.74) is 2.84. The molecule has 0 unspecified atom stereocenters. The van der Waals surface area contributed by atoms with Crippen LogP contribution in [0.3, 0.4) is 0 Å². The summed E-state index contributed by atoms with van der Waals surface area (Å²) in [5, 5.41) is 2.87. The van der Waals surface area contributed by atoms with Crippen molar-refractivity contribution < 1.29 is 28.5 Å². The van der Waals surface area contributed by atoms with E-state index in [-0.39, 0.29) is 11.8 Å². The highest BCUT2D eigenvalue weighted by Gasteiger charge is 2.26. The summed E-state index contributed by atoms with van der Waals surface area (Å²) in [6, 6.07) is 13.9. The monoisotopic (exact) mass is 490 g/mol. The van der Waals surface area contributed by atoms with E-state index in [1.54, 1.807) is 42.3 Å². The zero-order chi connectivity index (χ0) is 25.8. The number of nitrogens with one attached hydrogen (secondary N) is 1. The summed E-state index contributed by atoms with van der Waals surface area (Å²) in [4.78, 5) is 28.0. The number of anilines is 2. The highest BCUT2D eigenvalue weighted by atomic mass is 16.5. The summed E-state index contributed by atoms with van der Waals surface area (Å²) >= 11 is 0. The lowest BCUT2D eigenvalue weighted by Gasteiger charge is -2.17. The smallest absolute Gasteiger partial charge is 0.261 e. The number of fused-ring (bicyclic) bond motifs is 2. The van der Waals surface area contributed by atoms with Crippen molar-refractivity contribution >= 4 is 23.2 Å².